The van der Waals surface area contributed by atoms with Crippen molar-refractivity contribution < 1.29 is 43.0 Å². The zero-order valence-electron chi connectivity index (χ0n) is 21.6. The van der Waals surface area contributed by atoms with Crippen molar-refractivity contribution in [2.75, 3.05) is 0 Å². The highest BCUT2D eigenvalue weighted by Gasteiger charge is 2.78. The number of nitro benzene ring substituents is 1. The number of rotatable bonds is 4. The van der Waals surface area contributed by atoms with Crippen LogP contribution >= 0.6 is 0 Å². The van der Waals surface area contributed by atoms with Crippen LogP contribution in [0.15, 0.2) is 48.1 Å². The quantitative estimate of drug-likeness (QED) is 0.326. The molecule has 4 aliphatic carbocycles. The van der Waals surface area contributed by atoms with Crippen LogP contribution in [0, 0.1) is 38.7 Å². The molecule has 0 heterocycles. The average Bonchev–Trinajstić information content (AvgIpc) is 3.09. The summed E-state index contributed by atoms with van der Waals surface area (Å²) in [5.74, 6) is -5.92. The second-order valence-corrected chi connectivity index (χ2v) is 11.7. The molecule has 9 atom stereocenters. The zero-order chi connectivity index (χ0) is 28.7. The lowest BCUT2D eigenvalue weighted by Crippen LogP contribution is -2.71. The van der Waals surface area contributed by atoms with Crippen LogP contribution in [0.5, 0.6) is 0 Å². The monoisotopic (exact) mass is 545 g/mol. The molecule has 0 spiro atoms. The molecule has 0 aliphatic heterocycles. The lowest BCUT2D eigenvalue weighted by Gasteiger charge is -2.62. The van der Waals surface area contributed by atoms with Crippen LogP contribution in [0.25, 0.3) is 0 Å². The molecule has 208 valence electrons. The van der Waals surface area contributed by atoms with Crippen molar-refractivity contribution in [2.45, 2.75) is 63.6 Å². The molecule has 9 nitrogen and oxygen atoms in total. The predicted molar refractivity (Wildman–Crippen MR) is 132 cm³/mol. The topological polar surface area (TPSA) is 144 Å². The van der Waals surface area contributed by atoms with Gasteiger partial charge in [-0.15, -0.1) is 0 Å². The number of carbonyl (C=O) groups is 3. The minimum Gasteiger partial charge on any atom is -0.478 e. The number of aliphatic hydroxyl groups is 1. The molecule has 1 aromatic carbocycles. The van der Waals surface area contributed by atoms with Crippen molar-refractivity contribution in [3.05, 3.63) is 63.7 Å². The first-order valence-electron chi connectivity index (χ1n) is 12.8. The Morgan fingerprint density at radius 2 is 1.90 bits per heavy atom. The molecule has 3 fully saturated rings. The largest absolute Gasteiger partial charge is 0.478 e. The van der Waals surface area contributed by atoms with Crippen LogP contribution < -0.4 is 0 Å². The summed E-state index contributed by atoms with van der Waals surface area (Å²) >= 11 is 0. The van der Waals surface area contributed by atoms with E-state index in [0.717, 1.165) is 18.2 Å². The van der Waals surface area contributed by atoms with Crippen LogP contribution in [-0.4, -0.2) is 56.4 Å². The number of nitrogens with zero attached hydrogens (tertiary/aromatic N) is 1. The van der Waals surface area contributed by atoms with E-state index in [0.29, 0.717) is 0 Å². The van der Waals surface area contributed by atoms with Crippen molar-refractivity contribution in [3.8, 4) is 0 Å². The van der Waals surface area contributed by atoms with Crippen LogP contribution in [0.4, 0.5) is 14.5 Å². The van der Waals surface area contributed by atoms with Crippen molar-refractivity contribution >= 4 is 23.4 Å². The van der Waals surface area contributed by atoms with Crippen molar-refractivity contribution in [2.24, 2.45) is 28.6 Å². The summed E-state index contributed by atoms with van der Waals surface area (Å²) in [6.45, 7) is 4.50. The Labute approximate surface area is 222 Å². The first-order chi connectivity index (χ1) is 18.1. The molecule has 5 rings (SSSR count). The van der Waals surface area contributed by atoms with Gasteiger partial charge in [0.15, 0.2) is 11.5 Å². The Morgan fingerprint density at radius 3 is 2.54 bits per heavy atom. The number of carboxylic acid groups (broad SMARTS) is 1. The van der Waals surface area contributed by atoms with Gasteiger partial charge >= 0.3 is 11.9 Å². The number of esters is 1. The van der Waals surface area contributed by atoms with E-state index in [1.807, 2.05) is 0 Å². The minimum absolute atomic E-state index is 0.0518. The SMILES string of the molecule is C[C@@H]1C[C@H]2[C@@H]3C[C@H](F)C4=CC(=O)C=C[C@]4(C)[C@@]3(F)C(O)C[C@]2(C)[C@@]1(OC(=O)c1cccc([N+](=O)[O-])c1)C(=O)O. The molecule has 0 aromatic heterocycles. The third-order valence-electron chi connectivity index (χ3n) is 10.0. The molecule has 1 aromatic rings. The van der Waals surface area contributed by atoms with E-state index in [4.69, 9.17) is 4.74 Å². The molecule has 2 N–H and O–H groups in total. The van der Waals surface area contributed by atoms with Gasteiger partial charge in [-0.25, -0.2) is 18.4 Å². The summed E-state index contributed by atoms with van der Waals surface area (Å²) in [7, 11) is 0. The van der Waals surface area contributed by atoms with E-state index in [2.05, 4.69) is 0 Å². The van der Waals surface area contributed by atoms with Gasteiger partial charge in [0.1, 0.15) is 6.17 Å². The van der Waals surface area contributed by atoms with Gasteiger partial charge < -0.3 is 14.9 Å². The number of allylic oxidation sites excluding steroid dienone is 4. The standard InChI is InChI=1S/C28H29F2NO8/c1-14-9-18-19-12-21(29)20-11-17(32)7-8-25(20,2)27(19,30)22(33)13-26(18,3)28(14,24(35)36)39-23(34)15-5-4-6-16(10-15)31(37)38/h4-8,10-11,14,18-19,21-22,33H,9,12-13H2,1-3H3,(H,35,36)/t14-,18+,19+,21+,22?,25+,26+,27+,28+/m1/s1. The summed E-state index contributed by atoms with van der Waals surface area (Å²) in [4.78, 5) is 48.7. The second-order valence-electron chi connectivity index (χ2n) is 11.7. The molecule has 0 bridgehead atoms. The van der Waals surface area contributed by atoms with Crippen LogP contribution in [0.3, 0.4) is 0 Å². The molecule has 1 unspecified atom stereocenters. The number of aliphatic carboxylic acids is 1. The molecule has 11 heteroatoms. The number of aliphatic hydroxyl groups excluding tert-OH is 1. The number of carboxylic acids is 1. The number of fused-ring (bicyclic) bond motifs is 5. The van der Waals surface area contributed by atoms with Gasteiger partial charge in [-0.3, -0.25) is 14.9 Å². The smallest absolute Gasteiger partial charge is 0.349 e. The third-order valence-corrected chi connectivity index (χ3v) is 10.0. The number of halogens is 2. The predicted octanol–water partition coefficient (Wildman–Crippen LogP) is 4.14. The van der Waals surface area contributed by atoms with Gasteiger partial charge in [0.05, 0.1) is 16.6 Å². The number of non-ortho nitro benzene ring substituents is 1. The number of nitro groups is 1. The van der Waals surface area contributed by atoms with E-state index in [1.165, 1.54) is 38.1 Å². The number of carbonyl (C=O) groups excluding carboxylic acids is 2. The van der Waals surface area contributed by atoms with Gasteiger partial charge in [0.2, 0.25) is 5.60 Å². The van der Waals surface area contributed by atoms with Crippen molar-refractivity contribution in [1.29, 1.82) is 0 Å². The Kier molecular flexibility index (Phi) is 5.92. The summed E-state index contributed by atoms with van der Waals surface area (Å²) in [5.41, 5.74) is -8.48. The number of alkyl halides is 2. The molecule has 4 aliphatic rings. The summed E-state index contributed by atoms with van der Waals surface area (Å²) in [6.07, 6.45) is -0.678. The number of ether oxygens (including phenoxy) is 1. The first-order valence-corrected chi connectivity index (χ1v) is 12.8. The summed E-state index contributed by atoms with van der Waals surface area (Å²) < 4.78 is 38.7. The Hall–Kier alpha value is -3.47. The van der Waals surface area contributed by atoms with E-state index in [9.17, 15) is 34.7 Å². The number of hydrogen-bond donors (Lipinski definition) is 2. The third kappa shape index (κ3) is 3.34. The Bertz CT molecular complexity index is 1360. The average molecular weight is 546 g/mol. The fraction of sp³-hybridized carbons (Fsp3) is 0.536. The van der Waals surface area contributed by atoms with E-state index >= 15 is 8.78 Å². The van der Waals surface area contributed by atoms with E-state index in [1.54, 1.807) is 6.92 Å². The highest BCUT2D eigenvalue weighted by molar-refractivity contribution is 6.01. The Morgan fingerprint density at radius 1 is 1.21 bits per heavy atom. The molecule has 3 saturated carbocycles. The number of hydrogen-bond acceptors (Lipinski definition) is 7. The fourth-order valence-electron chi connectivity index (χ4n) is 8.19. The van der Waals surface area contributed by atoms with Crippen LogP contribution in [0.1, 0.15) is 50.4 Å². The van der Waals surface area contributed by atoms with Gasteiger partial charge in [-0.2, -0.15) is 0 Å². The van der Waals surface area contributed by atoms with Crippen molar-refractivity contribution in [1.82, 2.24) is 0 Å². The van der Waals surface area contributed by atoms with E-state index < -0.39 is 81.2 Å². The van der Waals surface area contributed by atoms with Gasteiger partial charge in [-0.1, -0.05) is 26.0 Å². The summed E-state index contributed by atoms with van der Waals surface area (Å²) in [5, 5.41) is 33.2. The molecule has 0 saturated heterocycles. The van der Waals surface area contributed by atoms with E-state index in [-0.39, 0.29) is 29.7 Å². The Balaban J connectivity index is 1.59. The second kappa shape index (κ2) is 8.51. The lowest BCUT2D eigenvalue weighted by atomic mass is 9.44. The first kappa shape index (κ1) is 27.1. The highest BCUT2D eigenvalue weighted by atomic mass is 19.1. The maximum Gasteiger partial charge on any atom is 0.349 e. The van der Waals surface area contributed by atoms with Gasteiger partial charge in [0, 0.05) is 34.8 Å². The molecule has 0 amide bonds. The van der Waals surface area contributed by atoms with Crippen LogP contribution in [0.2, 0.25) is 0 Å². The van der Waals surface area contributed by atoms with Crippen molar-refractivity contribution in [3.63, 3.8) is 0 Å². The van der Waals surface area contributed by atoms with Gasteiger partial charge in [-0.05, 0) is 55.9 Å². The maximum atomic E-state index is 17.3. The summed E-state index contributed by atoms with van der Waals surface area (Å²) in [6, 6.07) is 4.67. The van der Waals surface area contributed by atoms with Gasteiger partial charge in [0.25, 0.3) is 5.69 Å². The molecule has 39 heavy (non-hydrogen) atoms. The fourth-order valence-corrected chi connectivity index (χ4v) is 8.19. The normalized spacial score (nSPS) is 42.6. The number of ketones is 1. The molecular formula is C28H29F2NO8. The maximum absolute atomic E-state index is 17.3. The van der Waals surface area contributed by atoms with Crippen LogP contribution in [-0.2, 0) is 14.3 Å². The minimum atomic E-state index is -2.42. The zero-order valence-corrected chi connectivity index (χ0v) is 21.6. The number of benzene rings is 1. The highest BCUT2D eigenvalue weighted by Crippen LogP contribution is 2.71. The molecule has 0 radical (unpaired) electrons. The molecular weight excluding hydrogens is 516 g/mol. The lowest BCUT2D eigenvalue weighted by molar-refractivity contribution is -0.384.